The molecule has 0 atom stereocenters. The predicted octanol–water partition coefficient (Wildman–Crippen LogP) is 2.28. The fourth-order valence-electron chi connectivity index (χ4n) is 0.523. The molecule has 0 N–H and O–H groups in total. The van der Waals surface area contributed by atoms with E-state index in [0.29, 0.717) is 5.92 Å². The number of nitrogens with zero attached hydrogens (tertiary/aromatic N) is 2. The fraction of sp³-hybridized carbons (Fsp3) is 0.500. The lowest BCUT2D eigenvalue weighted by molar-refractivity contribution is 0.873. The zero-order valence-electron chi connectivity index (χ0n) is 6.83. The van der Waals surface area contributed by atoms with Gasteiger partial charge in [-0.15, -0.1) is 0 Å². The van der Waals surface area contributed by atoms with E-state index in [4.69, 9.17) is 0 Å². The summed E-state index contributed by atoms with van der Waals surface area (Å²) in [6, 6.07) is 0. The lowest BCUT2D eigenvalue weighted by atomic mass is 10.2. The molecule has 0 aromatic carbocycles. The Morgan fingerprint density at radius 3 is 2.40 bits per heavy atom. The van der Waals surface area contributed by atoms with Gasteiger partial charge < -0.3 is 0 Å². The summed E-state index contributed by atoms with van der Waals surface area (Å²) in [5.74, 6) is 1.15. The molecule has 2 nitrogen and oxygen atoms in total. The van der Waals surface area contributed by atoms with Crippen LogP contribution in [0.2, 0.25) is 0 Å². The van der Waals surface area contributed by atoms with Crippen LogP contribution in [0.4, 0.5) is 0 Å². The lowest BCUT2D eigenvalue weighted by Gasteiger charge is -1.99. The van der Waals surface area contributed by atoms with Gasteiger partial charge in [0.2, 0.25) is 0 Å². The number of allylic oxidation sites excluding steroid dienone is 1. The van der Waals surface area contributed by atoms with Gasteiger partial charge in [0.15, 0.2) is 0 Å². The summed E-state index contributed by atoms with van der Waals surface area (Å²) in [5.41, 5.74) is 0. The Kier molecular flexibility index (Phi) is 4.46. The van der Waals surface area contributed by atoms with E-state index in [-0.39, 0.29) is 0 Å². The molecule has 0 amide bonds. The number of rotatable bonds is 2. The highest BCUT2D eigenvalue weighted by Gasteiger charge is 1.98. The van der Waals surface area contributed by atoms with Crippen LogP contribution < -0.4 is 0 Å². The minimum atomic E-state index is 0.355. The largest absolute Gasteiger partial charge is 0.249 e. The summed E-state index contributed by atoms with van der Waals surface area (Å²) >= 11 is 0. The van der Waals surface area contributed by atoms with Gasteiger partial charge in [-0.2, -0.15) is 0 Å². The van der Waals surface area contributed by atoms with Crippen LogP contribution in [0.25, 0.3) is 0 Å². The van der Waals surface area contributed by atoms with Crippen molar-refractivity contribution in [1.82, 2.24) is 0 Å². The molecule has 0 rings (SSSR count). The number of hydrogen-bond donors (Lipinski definition) is 0. The Balaban J connectivity index is 4.18. The molecule has 0 heterocycles. The smallest absolute Gasteiger partial charge is 0.129 e. The normalized spacial score (nSPS) is 13.0. The SMILES string of the molecule is C=NC(=N/C=C\C)C(C)C. The number of hydrogen-bond acceptors (Lipinski definition) is 1. The van der Waals surface area contributed by atoms with Crippen molar-refractivity contribution in [3.8, 4) is 0 Å². The Labute approximate surface area is 62.4 Å². The molecule has 2 heteroatoms. The van der Waals surface area contributed by atoms with Crippen LogP contribution in [-0.2, 0) is 0 Å². The van der Waals surface area contributed by atoms with E-state index < -0.39 is 0 Å². The summed E-state index contributed by atoms with van der Waals surface area (Å²) in [6.45, 7) is 9.42. The topological polar surface area (TPSA) is 24.7 Å². The number of aliphatic imine (C=N–C) groups is 2. The van der Waals surface area contributed by atoms with Crippen LogP contribution in [0, 0.1) is 5.92 Å². The van der Waals surface area contributed by atoms with E-state index in [9.17, 15) is 0 Å². The standard InChI is InChI=1S/C8H14N2/c1-5-6-10-8(9-4)7(2)3/h5-7H,4H2,1-3H3/b6-5-,10-8?. The Morgan fingerprint density at radius 2 is 2.10 bits per heavy atom. The van der Waals surface area contributed by atoms with Gasteiger partial charge in [0.05, 0.1) is 0 Å². The van der Waals surface area contributed by atoms with Crippen LogP contribution in [0.5, 0.6) is 0 Å². The zero-order chi connectivity index (χ0) is 7.98. The molecule has 0 bridgehead atoms. The summed E-state index contributed by atoms with van der Waals surface area (Å²) in [5, 5.41) is 0. The maximum atomic E-state index is 4.07. The first-order chi connectivity index (χ1) is 4.72. The minimum Gasteiger partial charge on any atom is -0.249 e. The van der Waals surface area contributed by atoms with Gasteiger partial charge in [0.1, 0.15) is 5.84 Å². The molecule has 0 saturated heterocycles. The molecular weight excluding hydrogens is 124 g/mol. The van der Waals surface area contributed by atoms with Crippen molar-refractivity contribution in [3.05, 3.63) is 12.3 Å². The molecule has 0 unspecified atom stereocenters. The molecule has 0 aromatic rings. The average molecular weight is 138 g/mol. The van der Waals surface area contributed by atoms with Crippen molar-refractivity contribution < 1.29 is 0 Å². The molecule has 56 valence electrons. The van der Waals surface area contributed by atoms with Gasteiger partial charge in [0, 0.05) is 12.1 Å². The Hall–Kier alpha value is -0.920. The zero-order valence-corrected chi connectivity index (χ0v) is 6.83. The van der Waals surface area contributed by atoms with Crippen molar-refractivity contribution >= 4 is 12.6 Å². The molecular formula is C8H14N2. The fourth-order valence-corrected chi connectivity index (χ4v) is 0.523. The Bertz CT molecular complexity index is 155. The third kappa shape index (κ3) is 3.17. The Morgan fingerprint density at radius 1 is 1.50 bits per heavy atom. The second-order valence-electron chi connectivity index (χ2n) is 2.28. The molecule has 10 heavy (non-hydrogen) atoms. The lowest BCUT2D eigenvalue weighted by Crippen LogP contribution is -2.02. The van der Waals surface area contributed by atoms with E-state index in [2.05, 4.69) is 16.7 Å². The van der Waals surface area contributed by atoms with E-state index in [1.807, 2.05) is 26.8 Å². The first-order valence-electron chi connectivity index (χ1n) is 3.38. The van der Waals surface area contributed by atoms with Crippen LogP contribution in [-0.4, -0.2) is 12.6 Å². The average Bonchev–Trinajstić information content (AvgIpc) is 1.89. The van der Waals surface area contributed by atoms with Crippen LogP contribution in [0.15, 0.2) is 22.3 Å². The highest BCUT2D eigenvalue weighted by atomic mass is 14.9. The van der Waals surface area contributed by atoms with E-state index >= 15 is 0 Å². The van der Waals surface area contributed by atoms with Gasteiger partial charge >= 0.3 is 0 Å². The first-order valence-corrected chi connectivity index (χ1v) is 3.38. The van der Waals surface area contributed by atoms with E-state index in [0.717, 1.165) is 5.84 Å². The van der Waals surface area contributed by atoms with E-state index in [1.165, 1.54) is 0 Å². The molecule has 0 radical (unpaired) electrons. The summed E-state index contributed by atoms with van der Waals surface area (Å²) < 4.78 is 0. The second-order valence-corrected chi connectivity index (χ2v) is 2.28. The second kappa shape index (κ2) is 4.91. The summed E-state index contributed by atoms with van der Waals surface area (Å²) in [4.78, 5) is 7.84. The molecule has 0 saturated carbocycles. The molecule has 0 aliphatic heterocycles. The molecule has 0 aliphatic carbocycles. The van der Waals surface area contributed by atoms with Gasteiger partial charge in [-0.3, -0.25) is 0 Å². The van der Waals surface area contributed by atoms with Crippen LogP contribution in [0.3, 0.4) is 0 Å². The van der Waals surface area contributed by atoms with Crippen molar-refractivity contribution in [2.24, 2.45) is 15.9 Å². The van der Waals surface area contributed by atoms with Crippen molar-refractivity contribution in [2.75, 3.05) is 0 Å². The number of amidine groups is 1. The van der Waals surface area contributed by atoms with Crippen molar-refractivity contribution in [3.63, 3.8) is 0 Å². The van der Waals surface area contributed by atoms with Gasteiger partial charge in [-0.05, 0) is 13.6 Å². The van der Waals surface area contributed by atoms with Crippen LogP contribution >= 0.6 is 0 Å². The van der Waals surface area contributed by atoms with Gasteiger partial charge in [-0.25, -0.2) is 9.98 Å². The third-order valence-corrected chi connectivity index (χ3v) is 1.03. The maximum Gasteiger partial charge on any atom is 0.129 e. The van der Waals surface area contributed by atoms with Crippen molar-refractivity contribution in [1.29, 1.82) is 0 Å². The highest BCUT2D eigenvalue weighted by Crippen LogP contribution is 1.97. The third-order valence-electron chi connectivity index (χ3n) is 1.03. The monoisotopic (exact) mass is 138 g/mol. The first kappa shape index (κ1) is 9.08. The van der Waals surface area contributed by atoms with Crippen molar-refractivity contribution in [2.45, 2.75) is 20.8 Å². The van der Waals surface area contributed by atoms with E-state index in [1.54, 1.807) is 6.20 Å². The summed E-state index contributed by atoms with van der Waals surface area (Å²) in [7, 11) is 0. The quantitative estimate of drug-likeness (QED) is 0.413. The molecule has 0 aliphatic rings. The predicted molar refractivity (Wildman–Crippen MR) is 46.6 cm³/mol. The highest BCUT2D eigenvalue weighted by molar-refractivity contribution is 5.88. The van der Waals surface area contributed by atoms with Crippen LogP contribution in [0.1, 0.15) is 20.8 Å². The minimum absolute atomic E-state index is 0.355. The molecule has 0 fully saturated rings. The molecule has 0 aromatic heterocycles. The van der Waals surface area contributed by atoms with Gasteiger partial charge in [0.25, 0.3) is 0 Å². The summed E-state index contributed by atoms with van der Waals surface area (Å²) in [6.07, 6.45) is 3.59. The van der Waals surface area contributed by atoms with Gasteiger partial charge in [-0.1, -0.05) is 19.9 Å². The molecule has 0 spiro atoms. The maximum absolute atomic E-state index is 4.07.